The first-order valence-electron chi connectivity index (χ1n) is 5.42. The lowest BCUT2D eigenvalue weighted by atomic mass is 10.1. The number of carbonyl (C=O) groups is 1. The molecule has 0 saturated heterocycles. The first kappa shape index (κ1) is 15.1. The van der Waals surface area contributed by atoms with Crippen molar-refractivity contribution in [2.75, 3.05) is 0 Å². The third-order valence-corrected chi connectivity index (χ3v) is 1.80. The van der Waals surface area contributed by atoms with Crippen LogP contribution in [0.1, 0.15) is 20.8 Å². The lowest BCUT2D eigenvalue weighted by Crippen LogP contribution is -2.42. The van der Waals surface area contributed by atoms with Gasteiger partial charge in [-0.3, -0.25) is 0 Å². The molecule has 7 heteroatoms. The summed E-state index contributed by atoms with van der Waals surface area (Å²) in [6.45, 7) is 2.01. The predicted molar refractivity (Wildman–Crippen MR) is 61.9 cm³/mol. The Hall–Kier alpha value is -1.92. The van der Waals surface area contributed by atoms with E-state index in [9.17, 15) is 18.0 Å². The summed E-state index contributed by atoms with van der Waals surface area (Å²) in [6, 6.07) is 2.72. The minimum atomic E-state index is -3.14. The zero-order valence-corrected chi connectivity index (χ0v) is 10.7. The van der Waals surface area contributed by atoms with Gasteiger partial charge >= 0.3 is 12.7 Å². The molecule has 0 aromatic heterocycles. The van der Waals surface area contributed by atoms with E-state index in [0.29, 0.717) is 6.07 Å². The number of carbonyl (C=O) groups excluding carboxylic acids is 1. The van der Waals surface area contributed by atoms with Gasteiger partial charge in [-0.2, -0.15) is 8.78 Å². The third-order valence-electron chi connectivity index (χ3n) is 1.80. The zero-order chi connectivity index (χ0) is 14.6. The van der Waals surface area contributed by atoms with Gasteiger partial charge in [0, 0.05) is 11.6 Å². The molecule has 0 saturated carbocycles. The van der Waals surface area contributed by atoms with Crippen LogP contribution in [0.2, 0.25) is 0 Å². The lowest BCUT2D eigenvalue weighted by Gasteiger charge is -2.20. The summed E-state index contributed by atoms with van der Waals surface area (Å²) in [5.41, 5.74) is -0.555. The smallest absolute Gasteiger partial charge is 0.413 e. The number of hydrogen-bond acceptors (Lipinski definition) is 3. The standard InChI is InChI=1S/C12H14F3NO3/c1-12(2,3)16-11(17)19-8-5-4-7(13)6-9(8)18-10(14)15/h4-6,10H,1-3H3,(H,16,17). The molecule has 1 N–H and O–H groups in total. The summed E-state index contributed by atoms with van der Waals surface area (Å²) in [5, 5.41) is 2.46. The molecule has 0 heterocycles. The van der Waals surface area contributed by atoms with Crippen molar-refractivity contribution in [3.63, 3.8) is 0 Å². The Morgan fingerprint density at radius 1 is 1.26 bits per heavy atom. The van der Waals surface area contributed by atoms with Crippen molar-refractivity contribution < 1.29 is 27.4 Å². The van der Waals surface area contributed by atoms with E-state index >= 15 is 0 Å². The molecular formula is C12H14F3NO3. The second-order valence-corrected chi connectivity index (χ2v) is 4.73. The third kappa shape index (κ3) is 5.50. The summed E-state index contributed by atoms with van der Waals surface area (Å²) in [5.74, 6) is -1.61. The van der Waals surface area contributed by atoms with Gasteiger partial charge < -0.3 is 14.8 Å². The number of ether oxygens (including phenoxy) is 2. The number of hydrogen-bond donors (Lipinski definition) is 1. The van der Waals surface area contributed by atoms with Gasteiger partial charge in [0.05, 0.1) is 0 Å². The maximum absolute atomic E-state index is 12.9. The fourth-order valence-electron chi connectivity index (χ4n) is 1.19. The molecule has 0 radical (unpaired) electrons. The molecule has 0 unspecified atom stereocenters. The molecule has 1 aromatic carbocycles. The van der Waals surface area contributed by atoms with Crippen molar-refractivity contribution in [3.05, 3.63) is 24.0 Å². The summed E-state index contributed by atoms with van der Waals surface area (Å²) < 4.78 is 46.1. The molecule has 1 rings (SSSR count). The average molecular weight is 277 g/mol. The number of amides is 1. The van der Waals surface area contributed by atoms with E-state index in [4.69, 9.17) is 4.74 Å². The highest BCUT2D eigenvalue weighted by Gasteiger charge is 2.18. The fourth-order valence-corrected chi connectivity index (χ4v) is 1.19. The maximum atomic E-state index is 12.9. The van der Waals surface area contributed by atoms with Crippen LogP contribution in [0.25, 0.3) is 0 Å². The Kier molecular flexibility index (Phi) is 4.63. The summed E-state index contributed by atoms with van der Waals surface area (Å²) in [4.78, 5) is 11.5. The predicted octanol–water partition coefficient (Wildman–Crippen LogP) is 3.31. The molecule has 4 nitrogen and oxygen atoms in total. The van der Waals surface area contributed by atoms with Crippen LogP contribution in [-0.2, 0) is 0 Å². The average Bonchev–Trinajstić information content (AvgIpc) is 2.18. The maximum Gasteiger partial charge on any atom is 0.413 e. The Morgan fingerprint density at radius 2 is 1.89 bits per heavy atom. The highest BCUT2D eigenvalue weighted by molar-refractivity contribution is 5.72. The van der Waals surface area contributed by atoms with Crippen molar-refractivity contribution in [3.8, 4) is 11.5 Å². The Balaban J connectivity index is 2.85. The fraction of sp³-hybridized carbons (Fsp3) is 0.417. The van der Waals surface area contributed by atoms with Gasteiger partial charge in [0.25, 0.3) is 0 Å². The number of halogens is 3. The second-order valence-electron chi connectivity index (χ2n) is 4.73. The van der Waals surface area contributed by atoms with Gasteiger partial charge in [-0.05, 0) is 32.9 Å². The number of benzene rings is 1. The van der Waals surface area contributed by atoms with Gasteiger partial charge in [-0.1, -0.05) is 0 Å². The largest absolute Gasteiger partial charge is 0.431 e. The molecule has 19 heavy (non-hydrogen) atoms. The van der Waals surface area contributed by atoms with Crippen molar-refractivity contribution >= 4 is 6.09 Å². The summed E-state index contributed by atoms with van der Waals surface area (Å²) >= 11 is 0. The quantitative estimate of drug-likeness (QED) is 0.922. The molecule has 0 atom stereocenters. The molecular weight excluding hydrogens is 263 g/mol. The van der Waals surface area contributed by atoms with Gasteiger partial charge in [-0.15, -0.1) is 0 Å². The van der Waals surface area contributed by atoms with Gasteiger partial charge in [0.2, 0.25) is 0 Å². The van der Waals surface area contributed by atoms with Crippen molar-refractivity contribution in [1.82, 2.24) is 5.32 Å². The zero-order valence-electron chi connectivity index (χ0n) is 10.7. The van der Waals surface area contributed by atoms with Crippen LogP contribution in [0.15, 0.2) is 18.2 Å². The SMILES string of the molecule is CC(C)(C)NC(=O)Oc1ccc(F)cc1OC(F)F. The number of rotatable bonds is 3. The van der Waals surface area contributed by atoms with E-state index in [1.165, 1.54) is 0 Å². The second kappa shape index (κ2) is 5.81. The highest BCUT2D eigenvalue weighted by atomic mass is 19.3. The van der Waals surface area contributed by atoms with E-state index in [1.54, 1.807) is 20.8 Å². The van der Waals surface area contributed by atoms with Crippen LogP contribution in [-0.4, -0.2) is 18.2 Å². The minimum absolute atomic E-state index is 0.288. The van der Waals surface area contributed by atoms with Crippen LogP contribution >= 0.6 is 0 Å². The molecule has 1 amide bonds. The van der Waals surface area contributed by atoms with Gasteiger partial charge in [-0.25, -0.2) is 9.18 Å². The Bertz CT molecular complexity index is 458. The van der Waals surface area contributed by atoms with Crippen LogP contribution < -0.4 is 14.8 Å². The van der Waals surface area contributed by atoms with Crippen LogP contribution in [0.3, 0.4) is 0 Å². The summed E-state index contributed by atoms with van der Waals surface area (Å²) in [7, 11) is 0. The Labute approximate surface area is 108 Å². The van der Waals surface area contributed by atoms with Crippen molar-refractivity contribution in [1.29, 1.82) is 0 Å². The van der Waals surface area contributed by atoms with E-state index in [-0.39, 0.29) is 5.75 Å². The van der Waals surface area contributed by atoms with Crippen LogP contribution in [0, 0.1) is 5.82 Å². The minimum Gasteiger partial charge on any atom is -0.431 e. The monoisotopic (exact) mass is 277 g/mol. The summed E-state index contributed by atoms with van der Waals surface area (Å²) in [6.07, 6.45) is -0.849. The molecule has 0 aliphatic rings. The molecule has 0 fully saturated rings. The Morgan fingerprint density at radius 3 is 2.42 bits per heavy atom. The highest BCUT2D eigenvalue weighted by Crippen LogP contribution is 2.29. The molecule has 0 bridgehead atoms. The van der Waals surface area contributed by atoms with Crippen LogP contribution in [0.5, 0.6) is 11.5 Å². The molecule has 106 valence electrons. The lowest BCUT2D eigenvalue weighted by molar-refractivity contribution is -0.0512. The first-order chi connectivity index (χ1) is 8.67. The molecule has 0 spiro atoms. The molecule has 1 aromatic rings. The van der Waals surface area contributed by atoms with Crippen molar-refractivity contribution in [2.24, 2.45) is 0 Å². The number of alkyl halides is 2. The van der Waals surface area contributed by atoms with E-state index < -0.39 is 29.8 Å². The molecule has 0 aliphatic carbocycles. The first-order valence-corrected chi connectivity index (χ1v) is 5.42. The normalized spacial score (nSPS) is 11.3. The van der Waals surface area contributed by atoms with Crippen molar-refractivity contribution in [2.45, 2.75) is 32.9 Å². The van der Waals surface area contributed by atoms with Gasteiger partial charge in [0.15, 0.2) is 11.5 Å². The van der Waals surface area contributed by atoms with E-state index in [2.05, 4.69) is 10.1 Å². The van der Waals surface area contributed by atoms with E-state index in [0.717, 1.165) is 12.1 Å². The van der Waals surface area contributed by atoms with Gasteiger partial charge in [0.1, 0.15) is 5.82 Å². The van der Waals surface area contributed by atoms with E-state index in [1.807, 2.05) is 0 Å². The number of nitrogens with one attached hydrogen (secondary N) is 1. The molecule has 0 aliphatic heterocycles. The topological polar surface area (TPSA) is 47.6 Å². The van der Waals surface area contributed by atoms with Crippen LogP contribution in [0.4, 0.5) is 18.0 Å².